The predicted molar refractivity (Wildman–Crippen MR) is 173 cm³/mol. The number of allylic oxidation sites excluding steroid dienone is 2. The Morgan fingerprint density at radius 2 is 1.60 bits per heavy atom. The lowest BCUT2D eigenvalue weighted by molar-refractivity contribution is -0.203. The fourth-order valence-corrected chi connectivity index (χ4v) is 13.4. The summed E-state index contributed by atoms with van der Waals surface area (Å²) >= 11 is 0. The number of carbonyl (C=O) groups excluding carboxylic acids is 1. The van der Waals surface area contributed by atoms with Crippen molar-refractivity contribution >= 4 is 15.7 Å². The highest BCUT2D eigenvalue weighted by Crippen LogP contribution is 2.75. The van der Waals surface area contributed by atoms with E-state index in [1.165, 1.54) is 12.8 Å². The minimum atomic E-state index is -2.90. The highest BCUT2D eigenvalue weighted by atomic mass is 32.2. The Morgan fingerprint density at radius 1 is 0.930 bits per heavy atom. The zero-order valence-electron chi connectivity index (χ0n) is 28.2. The molecule has 0 aromatic heterocycles. The maximum atomic E-state index is 14.3. The van der Waals surface area contributed by atoms with Crippen molar-refractivity contribution in [2.24, 2.45) is 50.2 Å². The van der Waals surface area contributed by atoms with Gasteiger partial charge in [-0.1, -0.05) is 60.1 Å². The molecular weight excluding hydrogens is 556 g/mol. The van der Waals surface area contributed by atoms with E-state index in [0.717, 1.165) is 57.9 Å². The number of sulfone groups is 1. The van der Waals surface area contributed by atoms with E-state index in [1.54, 1.807) is 5.57 Å². The molecule has 1 aliphatic heterocycles. The lowest BCUT2D eigenvalue weighted by Gasteiger charge is -2.71. The Hall–Kier alpha value is -0.920. The zero-order valence-corrected chi connectivity index (χ0v) is 29.0. The van der Waals surface area contributed by atoms with Gasteiger partial charge in [0.25, 0.3) is 0 Å². The van der Waals surface area contributed by atoms with E-state index >= 15 is 0 Å². The minimum Gasteiger partial charge on any atom is -0.393 e. The fraction of sp³-hybridized carbons (Fsp3) is 0.917. The van der Waals surface area contributed by atoms with Gasteiger partial charge in [0.1, 0.15) is 0 Å². The number of carbonyl (C=O) groups is 1. The molecule has 1 saturated heterocycles. The Bertz CT molecular complexity index is 1260. The Kier molecular flexibility index (Phi) is 7.67. The zero-order chi connectivity index (χ0) is 31.3. The van der Waals surface area contributed by atoms with Crippen LogP contribution in [0.5, 0.6) is 0 Å². The molecule has 0 aromatic carbocycles. The SMILES string of the molecule is CC1(C)CC[C@]2(C(=O)NCCN3CCS(=O)(=O)CC3)CC[C@]3(C)C(=CC[C@@H]4[C@@]5(C)CC[C@H](O)C(C)(C)C5CC[C@]43C)[C@@H]2C1. The largest absolute Gasteiger partial charge is 0.393 e. The lowest BCUT2D eigenvalue weighted by Crippen LogP contribution is -2.65. The standard InChI is InChI=1S/C36H60N2O4S/c1-31(2)14-16-36(30(40)37-18-19-38-20-22-43(41,42)23-21-38)17-15-34(6)25(26(36)24-31)8-9-28-33(5)12-11-29(39)32(3,4)27(33)10-13-35(28,34)7/h8,26-29,39H,9-24H2,1-7H3,(H,37,40)/t26-,27?,28+,29-,33-,34+,35+,36-/m0/s1. The molecule has 5 aliphatic carbocycles. The molecular formula is C36H60N2O4S. The minimum absolute atomic E-state index is 0.0467. The summed E-state index contributed by atoms with van der Waals surface area (Å²) in [5, 5.41) is 14.4. The lowest BCUT2D eigenvalue weighted by atomic mass is 9.33. The number of hydrogen-bond donors (Lipinski definition) is 2. The van der Waals surface area contributed by atoms with E-state index in [0.29, 0.717) is 31.5 Å². The molecule has 4 saturated carbocycles. The normalized spacial score (nSPS) is 46.7. The van der Waals surface area contributed by atoms with Crippen molar-refractivity contribution in [3.8, 4) is 0 Å². The molecule has 2 N–H and O–H groups in total. The summed E-state index contributed by atoms with van der Waals surface area (Å²) in [5.74, 6) is 2.13. The highest BCUT2D eigenvalue weighted by molar-refractivity contribution is 7.91. The van der Waals surface area contributed by atoms with Gasteiger partial charge in [-0.05, 0) is 109 Å². The van der Waals surface area contributed by atoms with Crippen molar-refractivity contribution in [1.29, 1.82) is 0 Å². The van der Waals surface area contributed by atoms with Gasteiger partial charge < -0.3 is 10.4 Å². The van der Waals surface area contributed by atoms with Crippen molar-refractivity contribution in [1.82, 2.24) is 10.2 Å². The van der Waals surface area contributed by atoms with Gasteiger partial charge in [0.2, 0.25) is 5.91 Å². The molecule has 0 aromatic rings. The van der Waals surface area contributed by atoms with Gasteiger partial charge in [0.05, 0.1) is 23.0 Å². The van der Waals surface area contributed by atoms with Crippen LogP contribution in [0.3, 0.4) is 0 Å². The van der Waals surface area contributed by atoms with E-state index < -0.39 is 9.84 Å². The van der Waals surface area contributed by atoms with Crippen LogP contribution in [-0.2, 0) is 14.6 Å². The molecule has 1 unspecified atom stereocenters. The van der Waals surface area contributed by atoms with Crippen LogP contribution in [0.1, 0.15) is 113 Å². The highest BCUT2D eigenvalue weighted by Gasteiger charge is 2.69. The molecule has 8 atom stereocenters. The predicted octanol–water partition coefficient (Wildman–Crippen LogP) is 6.00. The topological polar surface area (TPSA) is 86.7 Å². The van der Waals surface area contributed by atoms with Crippen LogP contribution >= 0.6 is 0 Å². The van der Waals surface area contributed by atoms with Crippen LogP contribution in [0, 0.1) is 50.2 Å². The maximum Gasteiger partial charge on any atom is 0.226 e. The van der Waals surface area contributed by atoms with Crippen LogP contribution < -0.4 is 5.32 Å². The van der Waals surface area contributed by atoms with E-state index in [-0.39, 0.29) is 61.9 Å². The van der Waals surface area contributed by atoms with E-state index in [2.05, 4.69) is 64.8 Å². The van der Waals surface area contributed by atoms with Gasteiger partial charge in [0, 0.05) is 26.2 Å². The molecule has 0 spiro atoms. The summed E-state index contributed by atoms with van der Waals surface area (Å²) in [6, 6.07) is 0. The van der Waals surface area contributed by atoms with Gasteiger partial charge in [-0.3, -0.25) is 9.69 Å². The molecule has 5 fully saturated rings. The number of rotatable bonds is 4. The Balaban J connectivity index is 1.27. The Morgan fingerprint density at radius 3 is 2.30 bits per heavy atom. The average molecular weight is 617 g/mol. The molecule has 0 bridgehead atoms. The monoisotopic (exact) mass is 616 g/mol. The third-order valence-corrected chi connectivity index (χ3v) is 16.8. The quantitative estimate of drug-likeness (QED) is 0.379. The summed E-state index contributed by atoms with van der Waals surface area (Å²) in [6.45, 7) is 19.7. The van der Waals surface area contributed by atoms with Crippen molar-refractivity contribution in [3.05, 3.63) is 11.6 Å². The maximum absolute atomic E-state index is 14.3. The Labute approximate surface area is 262 Å². The summed E-state index contributed by atoms with van der Waals surface area (Å²) in [6.07, 6.45) is 13.1. The molecule has 6 nitrogen and oxygen atoms in total. The summed E-state index contributed by atoms with van der Waals surface area (Å²) in [5.41, 5.74) is 1.94. The number of hydrogen-bond acceptors (Lipinski definition) is 5. The number of nitrogens with zero attached hydrogens (tertiary/aromatic N) is 1. The molecule has 244 valence electrons. The molecule has 1 amide bonds. The van der Waals surface area contributed by atoms with E-state index in [1.807, 2.05) is 0 Å². The third kappa shape index (κ3) is 4.82. The number of aliphatic hydroxyl groups is 1. The smallest absolute Gasteiger partial charge is 0.226 e. The fourth-order valence-electron chi connectivity index (χ4n) is 12.1. The van der Waals surface area contributed by atoms with Gasteiger partial charge in [-0.2, -0.15) is 0 Å². The van der Waals surface area contributed by atoms with Crippen molar-refractivity contribution in [2.75, 3.05) is 37.7 Å². The van der Waals surface area contributed by atoms with Gasteiger partial charge in [-0.15, -0.1) is 0 Å². The molecule has 1 heterocycles. The molecule has 43 heavy (non-hydrogen) atoms. The molecule has 0 radical (unpaired) electrons. The van der Waals surface area contributed by atoms with E-state index in [4.69, 9.17) is 0 Å². The van der Waals surface area contributed by atoms with Gasteiger partial charge in [-0.25, -0.2) is 8.42 Å². The van der Waals surface area contributed by atoms with Crippen LogP contribution in [0.4, 0.5) is 0 Å². The van der Waals surface area contributed by atoms with E-state index in [9.17, 15) is 18.3 Å². The van der Waals surface area contributed by atoms with Gasteiger partial charge in [0.15, 0.2) is 9.84 Å². The number of amides is 1. The second-order valence-electron chi connectivity index (χ2n) is 18.0. The first-order valence-corrected chi connectivity index (χ1v) is 19.3. The summed E-state index contributed by atoms with van der Waals surface area (Å²) in [4.78, 5) is 16.5. The molecule has 6 rings (SSSR count). The van der Waals surface area contributed by atoms with Crippen LogP contribution in [0.15, 0.2) is 11.6 Å². The molecule has 7 heteroatoms. The first-order valence-electron chi connectivity index (χ1n) is 17.5. The van der Waals surface area contributed by atoms with Crippen molar-refractivity contribution in [3.63, 3.8) is 0 Å². The second kappa shape index (κ2) is 10.3. The molecule has 6 aliphatic rings. The van der Waals surface area contributed by atoms with Crippen LogP contribution in [-0.4, -0.2) is 68.1 Å². The van der Waals surface area contributed by atoms with Crippen molar-refractivity contribution in [2.45, 2.75) is 119 Å². The van der Waals surface area contributed by atoms with Gasteiger partial charge >= 0.3 is 0 Å². The summed E-state index contributed by atoms with van der Waals surface area (Å²) in [7, 11) is -2.90. The number of fused-ring (bicyclic) bond motifs is 7. The first kappa shape index (κ1) is 32.0. The number of aliphatic hydroxyl groups excluding tert-OH is 1. The van der Waals surface area contributed by atoms with Crippen molar-refractivity contribution < 1.29 is 18.3 Å². The van der Waals surface area contributed by atoms with Crippen LogP contribution in [0.2, 0.25) is 0 Å². The first-order chi connectivity index (χ1) is 19.9. The third-order valence-electron chi connectivity index (χ3n) is 15.2. The van der Waals surface area contributed by atoms with Crippen LogP contribution in [0.25, 0.3) is 0 Å². The summed E-state index contributed by atoms with van der Waals surface area (Å²) < 4.78 is 23.7. The second-order valence-corrected chi connectivity index (χ2v) is 20.3. The average Bonchev–Trinajstić information content (AvgIpc) is 2.92. The number of nitrogens with one attached hydrogen (secondary N) is 1.